The molecule has 6 heteroatoms. The first-order valence-corrected chi connectivity index (χ1v) is 4.79. The van der Waals surface area contributed by atoms with E-state index in [0.29, 0.717) is 6.04 Å². The number of halogens is 2. The molecule has 1 atom stereocenters. The molecule has 0 heterocycles. The zero-order valence-electron chi connectivity index (χ0n) is 6.54. The first kappa shape index (κ1) is 11.9. The smallest absolute Gasteiger partial charge is 0.299 e. The first-order chi connectivity index (χ1) is 5.54. The number of hydrogen-bond donors (Lipinski definition) is 1. The van der Waals surface area contributed by atoms with Crippen LogP contribution in [0.15, 0.2) is 0 Å². The van der Waals surface area contributed by atoms with Crippen LogP contribution < -0.4 is 5.73 Å². The van der Waals surface area contributed by atoms with E-state index in [1.54, 1.807) is 0 Å². The van der Waals surface area contributed by atoms with Gasteiger partial charge in [0.1, 0.15) is 0 Å². The lowest BCUT2D eigenvalue weighted by Crippen LogP contribution is -2.13. The van der Waals surface area contributed by atoms with Crippen molar-refractivity contribution >= 4 is 11.1 Å². The Labute approximate surface area is 74.1 Å². The third-order valence-electron chi connectivity index (χ3n) is 1.55. The van der Waals surface area contributed by atoms with E-state index in [2.05, 4.69) is 0 Å². The minimum Gasteiger partial charge on any atom is -0.768 e. The van der Waals surface area contributed by atoms with Gasteiger partial charge in [-0.15, -0.1) is 0 Å². The summed E-state index contributed by atoms with van der Waals surface area (Å²) in [7, 11) is 0. The normalized spacial score (nSPS) is 20.4. The Balaban J connectivity index is 0. The Morgan fingerprint density at radius 2 is 1.83 bits per heavy atom. The van der Waals surface area contributed by atoms with Crippen molar-refractivity contribution < 1.29 is 19.0 Å². The number of hydrogen-bond acceptors (Lipinski definition) is 3. The molecule has 0 aliphatic heterocycles. The van der Waals surface area contributed by atoms with Gasteiger partial charge >= 0.3 is 0 Å². The molecule has 1 rings (SSSR count). The Morgan fingerprint density at radius 3 is 1.92 bits per heavy atom. The summed E-state index contributed by atoms with van der Waals surface area (Å²) in [4.78, 5) is 0. The lowest BCUT2D eigenvalue weighted by atomic mass is 10.3. The molecule has 1 aliphatic rings. The fraction of sp³-hybridized carbons (Fsp3) is 1.00. The van der Waals surface area contributed by atoms with Gasteiger partial charge < -0.3 is 10.3 Å². The Bertz CT molecular complexity index is 145. The molecule has 3 nitrogen and oxygen atoms in total. The van der Waals surface area contributed by atoms with Gasteiger partial charge in [-0.2, -0.15) is 8.78 Å². The highest BCUT2D eigenvalue weighted by Gasteiger charge is 2.07. The van der Waals surface area contributed by atoms with Gasteiger partial charge in [-0.1, -0.05) is 12.8 Å². The maximum atomic E-state index is 10.5. The highest BCUT2D eigenvalue weighted by Crippen LogP contribution is 2.14. The molecule has 0 saturated heterocycles. The minimum absolute atomic E-state index is 0. The van der Waals surface area contributed by atoms with Crippen molar-refractivity contribution in [2.45, 2.75) is 37.5 Å². The average molecular weight is 202 g/mol. The number of nitrogens with two attached hydrogens (primary N) is 1. The Hall–Kier alpha value is -0.0700. The van der Waals surface area contributed by atoms with E-state index < -0.39 is 16.8 Å². The van der Waals surface area contributed by atoms with E-state index in [0.717, 1.165) is 0 Å². The van der Waals surface area contributed by atoms with Gasteiger partial charge in [0.05, 0.1) is 0 Å². The highest BCUT2D eigenvalue weighted by atomic mass is 32.2. The van der Waals surface area contributed by atoms with E-state index in [9.17, 15) is 8.78 Å². The minimum atomic E-state index is -3.23. The van der Waals surface area contributed by atoms with Crippen molar-refractivity contribution in [2.75, 3.05) is 0 Å². The molecule has 0 aromatic carbocycles. The molecule has 2 N–H and O–H groups in total. The van der Waals surface area contributed by atoms with E-state index in [4.69, 9.17) is 14.5 Å². The molecule has 0 aromatic rings. The van der Waals surface area contributed by atoms with Crippen molar-refractivity contribution in [3.8, 4) is 0 Å². The second-order valence-electron chi connectivity index (χ2n) is 2.57. The van der Waals surface area contributed by atoms with Crippen LogP contribution in [0.2, 0.25) is 0 Å². The fourth-order valence-corrected chi connectivity index (χ4v) is 0.957. The van der Waals surface area contributed by atoms with Crippen LogP contribution in [0.4, 0.5) is 8.78 Å². The van der Waals surface area contributed by atoms with Gasteiger partial charge in [-0.25, -0.2) is 0 Å². The SMILES string of the molecule is NC1CCCC1.O=S([O-])C(F)F.[HH]. The van der Waals surface area contributed by atoms with Gasteiger partial charge in [-0.3, -0.25) is 4.21 Å². The summed E-state index contributed by atoms with van der Waals surface area (Å²) in [6, 6.07) is 0.546. The van der Waals surface area contributed by atoms with E-state index in [-0.39, 0.29) is 1.43 Å². The third-order valence-corrected chi connectivity index (χ3v) is 1.84. The fourth-order valence-electron chi connectivity index (χ4n) is 0.957. The summed E-state index contributed by atoms with van der Waals surface area (Å²) < 4.78 is 39.0. The maximum absolute atomic E-state index is 10.5. The van der Waals surface area contributed by atoms with Crippen molar-refractivity contribution in [1.29, 1.82) is 0 Å². The van der Waals surface area contributed by atoms with E-state index >= 15 is 0 Å². The van der Waals surface area contributed by atoms with Crippen LogP contribution in [0.1, 0.15) is 27.1 Å². The molecule has 1 saturated carbocycles. The van der Waals surface area contributed by atoms with Gasteiger partial charge in [0.25, 0.3) is 5.76 Å². The van der Waals surface area contributed by atoms with Crippen molar-refractivity contribution in [2.24, 2.45) is 5.73 Å². The lowest BCUT2D eigenvalue weighted by Gasteiger charge is -1.98. The molecule has 1 fully saturated rings. The van der Waals surface area contributed by atoms with E-state index in [1.807, 2.05) is 0 Å². The highest BCUT2D eigenvalue weighted by molar-refractivity contribution is 7.79. The summed E-state index contributed by atoms with van der Waals surface area (Å²) in [5, 5.41) is 0. The van der Waals surface area contributed by atoms with Crippen LogP contribution in [0, 0.1) is 0 Å². The monoisotopic (exact) mass is 202 g/mol. The first-order valence-electron chi connectivity index (χ1n) is 3.66. The molecule has 0 aromatic heterocycles. The van der Waals surface area contributed by atoms with Gasteiger partial charge in [0.2, 0.25) is 0 Å². The van der Waals surface area contributed by atoms with Crippen LogP contribution >= 0.6 is 0 Å². The molecule has 12 heavy (non-hydrogen) atoms. The molecule has 1 aliphatic carbocycles. The molecule has 0 spiro atoms. The Morgan fingerprint density at radius 1 is 1.50 bits per heavy atom. The number of alkyl halides is 2. The zero-order valence-corrected chi connectivity index (χ0v) is 7.36. The quantitative estimate of drug-likeness (QED) is 0.650. The molecule has 1 unspecified atom stereocenters. The topological polar surface area (TPSA) is 66.2 Å². The van der Waals surface area contributed by atoms with Crippen LogP contribution in [-0.2, 0) is 11.1 Å². The van der Waals surface area contributed by atoms with Gasteiger partial charge in [0, 0.05) is 18.5 Å². The molecular formula is C6H14F2NO2S-. The number of rotatable bonds is 1. The van der Waals surface area contributed by atoms with Crippen molar-refractivity contribution in [1.82, 2.24) is 0 Å². The molecule has 76 valence electrons. The van der Waals surface area contributed by atoms with Crippen molar-refractivity contribution in [3.63, 3.8) is 0 Å². The molecule has 0 amide bonds. The van der Waals surface area contributed by atoms with Crippen LogP contribution in [0.5, 0.6) is 0 Å². The summed E-state index contributed by atoms with van der Waals surface area (Å²) in [5.74, 6) is -3.23. The predicted octanol–water partition coefficient (Wildman–Crippen LogP) is 1.22. The zero-order chi connectivity index (χ0) is 9.56. The summed E-state index contributed by atoms with van der Waals surface area (Å²) in [6.45, 7) is 0. The largest absolute Gasteiger partial charge is 0.768 e. The van der Waals surface area contributed by atoms with Crippen LogP contribution in [0.25, 0.3) is 0 Å². The van der Waals surface area contributed by atoms with E-state index in [1.165, 1.54) is 25.7 Å². The predicted molar refractivity (Wildman–Crippen MR) is 43.5 cm³/mol. The van der Waals surface area contributed by atoms with Crippen LogP contribution in [0.3, 0.4) is 0 Å². The molecule has 0 radical (unpaired) electrons. The summed E-state index contributed by atoms with van der Waals surface area (Å²) in [5.41, 5.74) is 5.53. The second-order valence-corrected chi connectivity index (χ2v) is 3.44. The molecule has 0 bridgehead atoms. The Kier molecular flexibility index (Phi) is 6.41. The van der Waals surface area contributed by atoms with Crippen LogP contribution in [-0.4, -0.2) is 20.6 Å². The third kappa shape index (κ3) is 6.63. The standard InChI is InChI=1S/C5H11N.CH2F2O2S.H2/c6-5-3-1-2-4-5;2-1(3)6(4)5;/h5H,1-4,6H2;1H,(H,4,5);1H/p-1. The summed E-state index contributed by atoms with van der Waals surface area (Å²) in [6.07, 6.45) is 5.25. The molecular weight excluding hydrogens is 188 g/mol. The maximum Gasteiger partial charge on any atom is 0.299 e. The average Bonchev–Trinajstić information content (AvgIpc) is 2.40. The second kappa shape index (κ2) is 6.45. The summed E-state index contributed by atoms with van der Waals surface area (Å²) >= 11 is -3.20. The van der Waals surface area contributed by atoms with Gasteiger partial charge in [-0.05, 0) is 12.8 Å². The van der Waals surface area contributed by atoms with Gasteiger partial charge in [0.15, 0.2) is 0 Å². The lowest BCUT2D eigenvalue weighted by molar-refractivity contribution is 0.229. The van der Waals surface area contributed by atoms with Crippen molar-refractivity contribution in [3.05, 3.63) is 0 Å².